The van der Waals surface area contributed by atoms with E-state index in [4.69, 9.17) is 11.6 Å². The van der Waals surface area contributed by atoms with Gasteiger partial charge in [-0.3, -0.25) is 14.6 Å². The van der Waals surface area contributed by atoms with Crippen LogP contribution in [0.2, 0.25) is 5.02 Å². The van der Waals surface area contributed by atoms with Crippen molar-refractivity contribution in [2.45, 2.75) is 31.3 Å². The average Bonchev–Trinajstić information content (AvgIpc) is 3.66. The van der Waals surface area contributed by atoms with Crippen molar-refractivity contribution in [3.8, 4) is 5.75 Å². The minimum Gasteiger partial charge on any atom is -0.406 e. The highest BCUT2D eigenvalue weighted by atomic mass is 35.5. The van der Waals surface area contributed by atoms with Crippen molar-refractivity contribution in [2.75, 3.05) is 16.8 Å². The molecular formula is C26H20ClF3N4O4. The number of imide groups is 1. The predicted molar refractivity (Wildman–Crippen MR) is 132 cm³/mol. The van der Waals surface area contributed by atoms with Gasteiger partial charge in [0.1, 0.15) is 11.3 Å². The maximum Gasteiger partial charge on any atom is 0.573 e. The summed E-state index contributed by atoms with van der Waals surface area (Å²) in [5.74, 6) is -1.30. The van der Waals surface area contributed by atoms with Gasteiger partial charge >= 0.3 is 12.4 Å². The first-order valence-corrected chi connectivity index (χ1v) is 11.9. The fourth-order valence-corrected chi connectivity index (χ4v) is 4.57. The molecule has 1 saturated carbocycles. The van der Waals surface area contributed by atoms with E-state index in [2.05, 4.69) is 9.72 Å². The smallest absolute Gasteiger partial charge is 0.406 e. The molecule has 1 aliphatic carbocycles. The third-order valence-electron chi connectivity index (χ3n) is 6.58. The molecule has 12 heteroatoms. The van der Waals surface area contributed by atoms with E-state index in [-0.39, 0.29) is 23.7 Å². The number of halogens is 4. The van der Waals surface area contributed by atoms with E-state index in [1.807, 2.05) is 0 Å². The number of carbonyl (C=O) groups is 3. The molecule has 0 radical (unpaired) electrons. The summed E-state index contributed by atoms with van der Waals surface area (Å²) in [6.07, 6.45) is -1.10. The van der Waals surface area contributed by atoms with E-state index < -0.39 is 29.6 Å². The summed E-state index contributed by atoms with van der Waals surface area (Å²) >= 11 is 5.95. The van der Waals surface area contributed by atoms with E-state index in [1.54, 1.807) is 37.4 Å². The van der Waals surface area contributed by atoms with Crippen LogP contribution in [-0.2, 0) is 11.3 Å². The number of rotatable bonds is 6. The van der Waals surface area contributed by atoms with Gasteiger partial charge in [-0.1, -0.05) is 11.6 Å². The Bertz CT molecular complexity index is 1410. The number of hydrogen-bond donors (Lipinski definition) is 0. The molecule has 0 unspecified atom stereocenters. The summed E-state index contributed by atoms with van der Waals surface area (Å²) in [6.45, 7) is -0.0333. The second-order valence-electron chi connectivity index (χ2n) is 8.96. The van der Waals surface area contributed by atoms with Crippen LogP contribution in [0.1, 0.15) is 28.8 Å². The predicted octanol–water partition coefficient (Wildman–Crippen LogP) is 5.41. The average molecular weight is 545 g/mol. The molecule has 2 aromatic carbocycles. The minimum absolute atomic E-state index is 0.0333. The fourth-order valence-electron chi connectivity index (χ4n) is 4.45. The summed E-state index contributed by atoms with van der Waals surface area (Å²) in [6, 6.07) is 12.2. The summed E-state index contributed by atoms with van der Waals surface area (Å²) < 4.78 is 41.4. The van der Waals surface area contributed by atoms with Crippen LogP contribution in [0.25, 0.3) is 0 Å². The number of ether oxygens (including phenoxy) is 1. The van der Waals surface area contributed by atoms with E-state index >= 15 is 0 Å². The molecule has 1 saturated heterocycles. The molecule has 0 atom stereocenters. The maximum absolute atomic E-state index is 13.5. The normalized spacial score (nSPS) is 16.2. The molecular weight excluding hydrogens is 525 g/mol. The molecule has 1 aromatic heterocycles. The van der Waals surface area contributed by atoms with Crippen LogP contribution in [0.15, 0.2) is 67.0 Å². The first-order valence-electron chi connectivity index (χ1n) is 11.5. The molecule has 4 amide bonds. The molecule has 0 N–H and O–H groups in total. The minimum atomic E-state index is -4.86. The zero-order valence-electron chi connectivity index (χ0n) is 19.9. The molecule has 5 rings (SSSR count). The summed E-state index contributed by atoms with van der Waals surface area (Å²) in [7, 11) is 1.60. The Kier molecular flexibility index (Phi) is 6.26. The number of nitrogens with zero attached hydrogens (tertiary/aromatic N) is 4. The summed E-state index contributed by atoms with van der Waals surface area (Å²) in [5.41, 5.74) is 0.410. The molecule has 2 fully saturated rings. The molecule has 3 aromatic rings. The second kappa shape index (κ2) is 9.32. The molecule has 38 heavy (non-hydrogen) atoms. The number of hydrogen-bond acceptors (Lipinski definition) is 5. The summed E-state index contributed by atoms with van der Waals surface area (Å²) in [5, 5.41) is 0.524. The van der Waals surface area contributed by atoms with Crippen LogP contribution in [0.3, 0.4) is 0 Å². The largest absolute Gasteiger partial charge is 0.573 e. The first-order chi connectivity index (χ1) is 18.0. The number of pyridine rings is 1. The van der Waals surface area contributed by atoms with Gasteiger partial charge in [0.25, 0.3) is 11.8 Å². The molecule has 1 aliphatic heterocycles. The zero-order chi connectivity index (χ0) is 27.2. The number of anilines is 2. The fraction of sp³-hybridized carbons (Fsp3) is 0.231. The molecule has 2 heterocycles. The van der Waals surface area contributed by atoms with Gasteiger partial charge in [-0.25, -0.2) is 9.69 Å². The van der Waals surface area contributed by atoms with E-state index in [1.165, 1.54) is 34.3 Å². The number of alkyl halides is 3. The lowest BCUT2D eigenvalue weighted by molar-refractivity contribution is -0.274. The van der Waals surface area contributed by atoms with Gasteiger partial charge in [0.15, 0.2) is 0 Å². The SMILES string of the molecule is CN(C(=O)c1cnccc1CN1C(=O)N(c2ccc(OC(F)(F)F)cc2)C(=O)C12CC2)c1ccc(Cl)cc1. The van der Waals surface area contributed by atoms with Crippen molar-refractivity contribution in [3.63, 3.8) is 0 Å². The second-order valence-corrected chi connectivity index (χ2v) is 9.39. The Balaban J connectivity index is 1.40. The van der Waals surface area contributed by atoms with Crippen molar-refractivity contribution in [2.24, 2.45) is 0 Å². The first kappa shape index (κ1) is 25.5. The highest BCUT2D eigenvalue weighted by Gasteiger charge is 2.65. The molecule has 1 spiro atoms. The van der Waals surface area contributed by atoms with Crippen LogP contribution in [0.4, 0.5) is 29.3 Å². The van der Waals surface area contributed by atoms with Crippen molar-refractivity contribution in [3.05, 3.63) is 83.1 Å². The van der Waals surface area contributed by atoms with E-state index in [0.29, 0.717) is 29.1 Å². The van der Waals surface area contributed by atoms with Gasteiger partial charge in [0.05, 0.1) is 11.3 Å². The van der Waals surface area contributed by atoms with Crippen LogP contribution in [0, 0.1) is 0 Å². The van der Waals surface area contributed by atoms with Crippen molar-refractivity contribution in [1.82, 2.24) is 9.88 Å². The Morgan fingerprint density at radius 3 is 2.34 bits per heavy atom. The lowest BCUT2D eigenvalue weighted by atomic mass is 10.1. The van der Waals surface area contributed by atoms with Gasteiger partial charge < -0.3 is 14.5 Å². The topological polar surface area (TPSA) is 83.1 Å². The van der Waals surface area contributed by atoms with E-state index in [9.17, 15) is 27.6 Å². The standard InChI is InChI=1S/C26H20ClF3N4O4/c1-32(18-4-2-17(27)3-5-18)22(35)21-14-31-13-10-16(21)15-33-24(37)34(23(36)25(33)11-12-25)19-6-8-20(9-7-19)38-26(28,29)30/h2-10,13-14H,11-12,15H2,1H3. The van der Waals surface area contributed by atoms with Gasteiger partial charge in [0.2, 0.25) is 0 Å². The van der Waals surface area contributed by atoms with Gasteiger partial charge in [-0.15, -0.1) is 13.2 Å². The molecule has 2 aliphatic rings. The van der Waals surface area contributed by atoms with Crippen molar-refractivity contribution in [1.29, 1.82) is 0 Å². The highest BCUT2D eigenvalue weighted by molar-refractivity contribution is 6.30. The van der Waals surface area contributed by atoms with E-state index in [0.717, 1.165) is 17.0 Å². The number of amides is 4. The Morgan fingerprint density at radius 2 is 1.74 bits per heavy atom. The molecule has 196 valence electrons. The van der Waals surface area contributed by atoms with Crippen molar-refractivity contribution >= 4 is 40.8 Å². The van der Waals surface area contributed by atoms with Gasteiger partial charge in [-0.05, 0) is 73.0 Å². The van der Waals surface area contributed by atoms with Gasteiger partial charge in [0, 0.05) is 36.7 Å². The van der Waals surface area contributed by atoms with Crippen LogP contribution in [0.5, 0.6) is 5.75 Å². The number of urea groups is 1. The zero-order valence-corrected chi connectivity index (χ0v) is 20.7. The Hall–Kier alpha value is -4.12. The molecule has 0 bridgehead atoms. The number of carbonyl (C=O) groups excluding carboxylic acids is 3. The third kappa shape index (κ3) is 4.65. The number of aromatic nitrogens is 1. The number of benzene rings is 2. The van der Waals surface area contributed by atoms with Crippen LogP contribution >= 0.6 is 11.6 Å². The van der Waals surface area contributed by atoms with Crippen LogP contribution < -0.4 is 14.5 Å². The Labute approximate surface area is 220 Å². The lowest BCUT2D eigenvalue weighted by Gasteiger charge is -2.24. The third-order valence-corrected chi connectivity index (χ3v) is 6.83. The lowest BCUT2D eigenvalue weighted by Crippen LogP contribution is -2.37. The summed E-state index contributed by atoms with van der Waals surface area (Å²) in [4.78, 5) is 48.0. The highest BCUT2D eigenvalue weighted by Crippen LogP contribution is 2.50. The maximum atomic E-state index is 13.5. The Morgan fingerprint density at radius 1 is 1.08 bits per heavy atom. The monoisotopic (exact) mass is 544 g/mol. The molecule has 8 nitrogen and oxygen atoms in total. The quantitative estimate of drug-likeness (QED) is 0.387. The van der Waals surface area contributed by atoms with Crippen LogP contribution in [-0.4, -0.2) is 46.7 Å². The van der Waals surface area contributed by atoms with Gasteiger partial charge in [-0.2, -0.15) is 0 Å². The van der Waals surface area contributed by atoms with Crippen molar-refractivity contribution < 1.29 is 32.3 Å².